The van der Waals surface area contributed by atoms with Gasteiger partial charge in [-0.15, -0.1) is 11.6 Å². The van der Waals surface area contributed by atoms with Crippen LogP contribution in [0.1, 0.15) is 26.2 Å². The number of aliphatic hydroxyl groups is 1. The molecule has 0 aromatic carbocycles. The second-order valence-electron chi connectivity index (χ2n) is 3.46. The van der Waals surface area contributed by atoms with Crippen LogP contribution in [0.4, 0.5) is 0 Å². The summed E-state index contributed by atoms with van der Waals surface area (Å²) in [5, 5.41) is 8.92. The number of aliphatic hydroxyl groups excluding tert-OH is 1. The highest BCUT2D eigenvalue weighted by Gasteiger charge is 2.25. The number of carbonyl (C=O) groups excluding carboxylic acids is 1. The number of likely N-dealkylation sites (tertiary alicyclic amines) is 1. The molecule has 1 amide bonds. The number of alkyl halides is 1. The maximum absolute atomic E-state index is 11.6. The Morgan fingerprint density at radius 1 is 1.77 bits per heavy atom. The number of amides is 1. The van der Waals surface area contributed by atoms with E-state index in [-0.39, 0.29) is 12.0 Å². The number of carbonyl (C=O) groups is 1. The number of piperidine rings is 1. The maximum atomic E-state index is 11.6. The lowest BCUT2D eigenvalue weighted by Gasteiger charge is -2.31. The van der Waals surface area contributed by atoms with Crippen molar-refractivity contribution in [1.29, 1.82) is 0 Å². The van der Waals surface area contributed by atoms with Gasteiger partial charge in [0.15, 0.2) is 0 Å². The monoisotopic (exact) mass is 205 g/mol. The van der Waals surface area contributed by atoms with Crippen LogP contribution in [0.5, 0.6) is 0 Å². The zero-order valence-electron chi connectivity index (χ0n) is 7.87. The van der Waals surface area contributed by atoms with Crippen molar-refractivity contribution in [3.05, 3.63) is 0 Å². The van der Waals surface area contributed by atoms with Gasteiger partial charge in [0.25, 0.3) is 0 Å². The van der Waals surface area contributed by atoms with Gasteiger partial charge in [0, 0.05) is 13.1 Å². The summed E-state index contributed by atoms with van der Waals surface area (Å²) in [4.78, 5) is 13.2. The number of halogens is 1. The topological polar surface area (TPSA) is 40.5 Å². The normalized spacial score (nSPS) is 25.8. The first-order valence-electron chi connectivity index (χ1n) is 4.76. The third kappa shape index (κ3) is 2.85. The van der Waals surface area contributed by atoms with Crippen LogP contribution in [0.3, 0.4) is 0 Å². The molecule has 1 aliphatic heterocycles. The second kappa shape index (κ2) is 4.82. The highest BCUT2D eigenvalue weighted by atomic mass is 35.5. The van der Waals surface area contributed by atoms with Gasteiger partial charge in [0.1, 0.15) is 5.38 Å². The molecule has 4 heteroatoms. The molecule has 1 aliphatic rings. The van der Waals surface area contributed by atoms with E-state index in [9.17, 15) is 9.90 Å². The molecule has 2 atom stereocenters. The first-order chi connectivity index (χ1) is 6.15. The van der Waals surface area contributed by atoms with Gasteiger partial charge in [-0.2, -0.15) is 0 Å². The van der Waals surface area contributed by atoms with Crippen LogP contribution >= 0.6 is 11.6 Å². The summed E-state index contributed by atoms with van der Waals surface area (Å²) >= 11 is 5.82. The maximum Gasteiger partial charge on any atom is 0.240 e. The number of nitrogens with zero attached hydrogens (tertiary/aromatic N) is 1. The molecule has 0 spiro atoms. The van der Waals surface area contributed by atoms with E-state index in [1.807, 2.05) is 6.92 Å². The van der Waals surface area contributed by atoms with Crippen LogP contribution in [0.2, 0.25) is 0 Å². The van der Waals surface area contributed by atoms with Gasteiger partial charge in [-0.1, -0.05) is 6.92 Å². The number of hydrogen-bond donors (Lipinski definition) is 1. The summed E-state index contributed by atoms with van der Waals surface area (Å²) in [5.74, 6) is -0.0390. The first-order valence-corrected chi connectivity index (χ1v) is 5.19. The van der Waals surface area contributed by atoms with Crippen molar-refractivity contribution in [3.63, 3.8) is 0 Å². The smallest absolute Gasteiger partial charge is 0.240 e. The van der Waals surface area contributed by atoms with Crippen molar-refractivity contribution in [1.82, 2.24) is 4.90 Å². The molecule has 3 nitrogen and oxygen atoms in total. The molecule has 0 saturated carbocycles. The SMILES string of the molecule is CC[C@@H](Cl)C(=O)N1CCC[C@H](O)C1. The van der Waals surface area contributed by atoms with Crippen LogP contribution in [0, 0.1) is 0 Å². The minimum atomic E-state index is -0.426. The Hall–Kier alpha value is -0.280. The second-order valence-corrected chi connectivity index (χ2v) is 3.98. The average molecular weight is 206 g/mol. The van der Waals surface area contributed by atoms with Crippen molar-refractivity contribution in [2.75, 3.05) is 13.1 Å². The Balaban J connectivity index is 2.46. The van der Waals surface area contributed by atoms with Crippen molar-refractivity contribution < 1.29 is 9.90 Å². The largest absolute Gasteiger partial charge is 0.391 e. The molecule has 1 rings (SSSR count). The molecule has 0 aliphatic carbocycles. The van der Waals surface area contributed by atoms with E-state index in [0.29, 0.717) is 13.0 Å². The minimum Gasteiger partial charge on any atom is -0.391 e. The van der Waals surface area contributed by atoms with Gasteiger partial charge < -0.3 is 10.0 Å². The molecule has 0 radical (unpaired) electrons. The van der Waals surface area contributed by atoms with E-state index < -0.39 is 5.38 Å². The molecule has 0 unspecified atom stereocenters. The Bertz CT molecular complexity index is 186. The van der Waals surface area contributed by atoms with Gasteiger partial charge in [0.2, 0.25) is 5.91 Å². The molecule has 1 heterocycles. The summed E-state index contributed by atoms with van der Waals surface area (Å²) < 4.78 is 0. The van der Waals surface area contributed by atoms with E-state index in [2.05, 4.69) is 0 Å². The van der Waals surface area contributed by atoms with Crippen LogP contribution in [-0.4, -0.2) is 40.5 Å². The zero-order valence-corrected chi connectivity index (χ0v) is 8.63. The Morgan fingerprint density at radius 3 is 3.00 bits per heavy atom. The molecule has 1 N–H and O–H groups in total. The van der Waals surface area contributed by atoms with Crippen molar-refractivity contribution >= 4 is 17.5 Å². The summed E-state index contributed by atoms with van der Waals surface area (Å²) in [6.45, 7) is 3.07. The van der Waals surface area contributed by atoms with Crippen molar-refractivity contribution in [2.24, 2.45) is 0 Å². The van der Waals surface area contributed by atoms with Crippen LogP contribution in [0.15, 0.2) is 0 Å². The van der Waals surface area contributed by atoms with Gasteiger partial charge in [-0.25, -0.2) is 0 Å². The van der Waals surface area contributed by atoms with E-state index in [1.165, 1.54) is 0 Å². The Labute approximate surface area is 83.7 Å². The number of rotatable bonds is 2. The third-order valence-electron chi connectivity index (χ3n) is 2.33. The summed E-state index contributed by atoms with van der Waals surface area (Å²) in [6, 6.07) is 0. The molecule has 1 fully saturated rings. The summed E-state index contributed by atoms with van der Waals surface area (Å²) in [6.07, 6.45) is 1.95. The number of hydrogen-bond acceptors (Lipinski definition) is 2. The third-order valence-corrected chi connectivity index (χ3v) is 2.83. The van der Waals surface area contributed by atoms with Gasteiger partial charge >= 0.3 is 0 Å². The fourth-order valence-electron chi connectivity index (χ4n) is 1.53. The van der Waals surface area contributed by atoms with E-state index in [4.69, 9.17) is 11.6 Å². The predicted molar refractivity (Wildman–Crippen MR) is 51.8 cm³/mol. The molecule has 76 valence electrons. The van der Waals surface area contributed by atoms with Gasteiger partial charge in [-0.3, -0.25) is 4.79 Å². The van der Waals surface area contributed by atoms with Crippen LogP contribution in [0.25, 0.3) is 0 Å². The van der Waals surface area contributed by atoms with Crippen molar-refractivity contribution in [2.45, 2.75) is 37.7 Å². The van der Waals surface area contributed by atoms with Crippen molar-refractivity contribution in [3.8, 4) is 0 Å². The van der Waals surface area contributed by atoms with Gasteiger partial charge in [0.05, 0.1) is 6.10 Å². The molecule has 13 heavy (non-hydrogen) atoms. The summed E-state index contributed by atoms with van der Waals surface area (Å²) in [7, 11) is 0. The quantitative estimate of drug-likeness (QED) is 0.683. The molecule has 0 bridgehead atoms. The fraction of sp³-hybridized carbons (Fsp3) is 0.889. The standard InChI is InChI=1S/C9H16ClNO2/c1-2-8(10)9(13)11-5-3-4-7(12)6-11/h7-8,12H,2-6H2,1H3/t7-,8+/m0/s1. The average Bonchev–Trinajstić information content (AvgIpc) is 2.15. The molecule has 0 aromatic rings. The van der Waals surface area contributed by atoms with Crippen LogP contribution < -0.4 is 0 Å². The summed E-state index contributed by atoms with van der Waals surface area (Å²) in [5.41, 5.74) is 0. The number of β-amino-alcohol motifs (C(OH)–C–C–N with tert-alkyl or cyclic N) is 1. The van der Waals surface area contributed by atoms with Gasteiger partial charge in [-0.05, 0) is 19.3 Å². The molecular weight excluding hydrogens is 190 g/mol. The minimum absolute atomic E-state index is 0.0390. The first kappa shape index (κ1) is 10.8. The lowest BCUT2D eigenvalue weighted by atomic mass is 10.1. The van der Waals surface area contributed by atoms with Crippen LogP contribution in [-0.2, 0) is 4.79 Å². The molecule has 0 aromatic heterocycles. The van der Waals surface area contributed by atoms with E-state index in [1.54, 1.807) is 4.90 Å². The van der Waals surface area contributed by atoms with E-state index >= 15 is 0 Å². The lowest BCUT2D eigenvalue weighted by Crippen LogP contribution is -2.45. The fourth-order valence-corrected chi connectivity index (χ4v) is 1.67. The molecule has 1 saturated heterocycles. The highest BCUT2D eigenvalue weighted by molar-refractivity contribution is 6.30. The van der Waals surface area contributed by atoms with E-state index in [0.717, 1.165) is 19.4 Å². The predicted octanol–water partition coefficient (Wildman–Crippen LogP) is 0.987. The molecular formula is C9H16ClNO2. The lowest BCUT2D eigenvalue weighted by molar-refractivity contribution is -0.133. The Morgan fingerprint density at radius 2 is 2.46 bits per heavy atom. The highest BCUT2D eigenvalue weighted by Crippen LogP contribution is 2.14. The zero-order chi connectivity index (χ0) is 9.84. The Kier molecular flexibility index (Phi) is 4.00.